The molecule has 0 aliphatic carbocycles. The second-order valence-electron chi connectivity index (χ2n) is 6.09. The molecule has 29 heavy (non-hydrogen) atoms. The van der Waals surface area contributed by atoms with E-state index in [4.69, 9.17) is 0 Å². The number of thiazole rings is 1. The molecule has 2 aromatic heterocycles. The zero-order valence-corrected chi connectivity index (χ0v) is 15.5. The fourth-order valence-corrected chi connectivity index (χ4v) is 3.59. The maximum absolute atomic E-state index is 12.8. The van der Waals surface area contributed by atoms with Crippen LogP contribution in [0.1, 0.15) is 5.56 Å². The number of alkyl halides is 3. The number of nitrogens with zero attached hydrogens (tertiary/aromatic N) is 2. The van der Waals surface area contributed by atoms with Gasteiger partial charge >= 0.3 is 12.2 Å². The molecule has 4 rings (SSSR count). The van der Waals surface area contributed by atoms with Crippen LogP contribution in [0.15, 0.2) is 66.9 Å². The summed E-state index contributed by atoms with van der Waals surface area (Å²) in [6, 6.07) is 14.5. The molecule has 0 aliphatic heterocycles. The van der Waals surface area contributed by atoms with Crippen LogP contribution in [-0.4, -0.2) is 16.0 Å². The molecule has 0 aliphatic rings. The van der Waals surface area contributed by atoms with Gasteiger partial charge in [-0.3, -0.25) is 0 Å². The number of urea groups is 1. The standard InChI is InChI=1S/C20H13F3N4OS/c21-20(22,23)13-5-2-7-15(11-13)26-19(28)25-14-6-1-4-12(10-14)17-27-16-8-3-9-24-18(16)29-17/h1-11H,(H2,25,26,28). The van der Waals surface area contributed by atoms with Crippen LogP contribution in [0.2, 0.25) is 0 Å². The largest absolute Gasteiger partial charge is 0.416 e. The van der Waals surface area contributed by atoms with E-state index in [9.17, 15) is 18.0 Å². The number of halogens is 3. The Morgan fingerprint density at radius 3 is 2.38 bits per heavy atom. The molecule has 146 valence electrons. The van der Waals surface area contributed by atoms with Crippen molar-refractivity contribution < 1.29 is 18.0 Å². The summed E-state index contributed by atoms with van der Waals surface area (Å²) in [7, 11) is 0. The van der Waals surface area contributed by atoms with Gasteiger partial charge in [-0.05, 0) is 42.5 Å². The van der Waals surface area contributed by atoms with Gasteiger partial charge in [0.05, 0.1) is 5.56 Å². The van der Waals surface area contributed by atoms with Crippen molar-refractivity contribution in [3.05, 3.63) is 72.4 Å². The number of hydrogen-bond acceptors (Lipinski definition) is 4. The normalized spacial score (nSPS) is 11.4. The first kappa shape index (κ1) is 18.9. The number of hydrogen-bond donors (Lipinski definition) is 2. The van der Waals surface area contributed by atoms with Gasteiger partial charge in [0.1, 0.15) is 15.4 Å². The molecule has 0 fully saturated rings. The van der Waals surface area contributed by atoms with Gasteiger partial charge < -0.3 is 10.6 Å². The zero-order valence-electron chi connectivity index (χ0n) is 14.7. The SMILES string of the molecule is O=C(Nc1cccc(-c2nc3cccnc3s2)c1)Nc1cccc(C(F)(F)F)c1. The zero-order chi connectivity index (χ0) is 20.4. The molecular weight excluding hydrogens is 401 g/mol. The van der Waals surface area contributed by atoms with Gasteiger partial charge in [-0.25, -0.2) is 14.8 Å². The van der Waals surface area contributed by atoms with Crippen LogP contribution in [0.4, 0.5) is 29.3 Å². The third-order valence-electron chi connectivity index (χ3n) is 3.98. The van der Waals surface area contributed by atoms with E-state index >= 15 is 0 Å². The first-order chi connectivity index (χ1) is 13.9. The van der Waals surface area contributed by atoms with Gasteiger partial charge in [0.15, 0.2) is 0 Å². The molecule has 0 saturated heterocycles. The molecule has 0 atom stereocenters. The van der Waals surface area contributed by atoms with Crippen LogP contribution in [0.5, 0.6) is 0 Å². The Labute approximate surface area is 167 Å². The second-order valence-corrected chi connectivity index (χ2v) is 7.06. The number of pyridine rings is 1. The van der Waals surface area contributed by atoms with Crippen LogP contribution >= 0.6 is 11.3 Å². The van der Waals surface area contributed by atoms with Gasteiger partial charge in [-0.15, -0.1) is 0 Å². The molecule has 0 spiro atoms. The number of amides is 2. The Morgan fingerprint density at radius 1 is 0.931 bits per heavy atom. The first-order valence-electron chi connectivity index (χ1n) is 8.46. The van der Waals surface area contributed by atoms with Crippen LogP contribution in [0.3, 0.4) is 0 Å². The molecule has 5 nitrogen and oxygen atoms in total. The summed E-state index contributed by atoms with van der Waals surface area (Å²) < 4.78 is 38.4. The van der Waals surface area contributed by atoms with E-state index in [0.717, 1.165) is 33.1 Å². The molecule has 4 aromatic rings. The van der Waals surface area contributed by atoms with Crippen molar-refractivity contribution in [3.63, 3.8) is 0 Å². The van der Waals surface area contributed by atoms with Crippen molar-refractivity contribution in [2.45, 2.75) is 6.18 Å². The third-order valence-corrected chi connectivity index (χ3v) is 5.01. The lowest BCUT2D eigenvalue weighted by Crippen LogP contribution is -2.19. The average Bonchev–Trinajstić information content (AvgIpc) is 3.12. The Hall–Kier alpha value is -3.46. The molecule has 0 saturated carbocycles. The number of aromatic nitrogens is 2. The fourth-order valence-electron chi connectivity index (χ4n) is 2.69. The highest BCUT2D eigenvalue weighted by atomic mass is 32.1. The van der Waals surface area contributed by atoms with Gasteiger partial charge in [0.2, 0.25) is 0 Å². The van der Waals surface area contributed by atoms with Crippen molar-refractivity contribution in [3.8, 4) is 10.6 Å². The minimum Gasteiger partial charge on any atom is -0.308 e. The molecule has 2 heterocycles. The summed E-state index contributed by atoms with van der Waals surface area (Å²) in [6.45, 7) is 0. The summed E-state index contributed by atoms with van der Waals surface area (Å²) >= 11 is 1.43. The van der Waals surface area contributed by atoms with E-state index in [1.807, 2.05) is 18.2 Å². The van der Waals surface area contributed by atoms with Crippen molar-refractivity contribution in [1.82, 2.24) is 9.97 Å². The van der Waals surface area contributed by atoms with Crippen molar-refractivity contribution in [2.75, 3.05) is 10.6 Å². The smallest absolute Gasteiger partial charge is 0.308 e. The molecular formula is C20H13F3N4OS. The highest BCUT2D eigenvalue weighted by Crippen LogP contribution is 2.31. The van der Waals surface area contributed by atoms with E-state index in [1.54, 1.807) is 24.4 Å². The van der Waals surface area contributed by atoms with Crippen LogP contribution < -0.4 is 10.6 Å². The summed E-state index contributed by atoms with van der Waals surface area (Å²) in [5.74, 6) is 0. The topological polar surface area (TPSA) is 66.9 Å². The monoisotopic (exact) mass is 414 g/mol. The van der Waals surface area contributed by atoms with E-state index < -0.39 is 17.8 Å². The third kappa shape index (κ3) is 4.35. The Kier molecular flexibility index (Phi) is 4.89. The molecule has 0 radical (unpaired) electrons. The number of rotatable bonds is 3. The average molecular weight is 414 g/mol. The second kappa shape index (κ2) is 7.51. The minimum absolute atomic E-state index is 0.0470. The summed E-state index contributed by atoms with van der Waals surface area (Å²) in [4.78, 5) is 21.8. The maximum Gasteiger partial charge on any atom is 0.416 e. The summed E-state index contributed by atoms with van der Waals surface area (Å²) in [5, 5.41) is 5.78. The van der Waals surface area contributed by atoms with E-state index in [0.29, 0.717) is 5.69 Å². The van der Waals surface area contributed by atoms with Gasteiger partial charge in [-0.1, -0.05) is 29.5 Å². The van der Waals surface area contributed by atoms with Gasteiger partial charge in [-0.2, -0.15) is 13.2 Å². The molecule has 2 aromatic carbocycles. The predicted octanol–water partition coefficient (Wildman–Crippen LogP) is 6.02. The van der Waals surface area contributed by atoms with Crippen LogP contribution in [0, 0.1) is 0 Å². The molecule has 0 unspecified atom stereocenters. The molecule has 2 amide bonds. The van der Waals surface area contributed by atoms with Crippen molar-refractivity contribution in [2.24, 2.45) is 0 Å². The van der Waals surface area contributed by atoms with E-state index in [2.05, 4.69) is 20.6 Å². The lowest BCUT2D eigenvalue weighted by Gasteiger charge is -2.11. The van der Waals surface area contributed by atoms with E-state index in [-0.39, 0.29) is 5.69 Å². The molecule has 9 heteroatoms. The van der Waals surface area contributed by atoms with Gasteiger partial charge in [0.25, 0.3) is 0 Å². The summed E-state index contributed by atoms with van der Waals surface area (Å²) in [6.07, 6.45) is -2.78. The highest BCUT2D eigenvalue weighted by Gasteiger charge is 2.30. The van der Waals surface area contributed by atoms with Crippen molar-refractivity contribution in [1.29, 1.82) is 0 Å². The summed E-state index contributed by atoms with van der Waals surface area (Å²) in [5.41, 5.74) is 1.28. The number of fused-ring (bicyclic) bond motifs is 1. The maximum atomic E-state index is 12.8. The molecule has 0 bridgehead atoms. The fraction of sp³-hybridized carbons (Fsp3) is 0.0500. The number of carbonyl (C=O) groups is 1. The van der Waals surface area contributed by atoms with Crippen LogP contribution in [-0.2, 0) is 6.18 Å². The Bertz CT molecular complexity index is 1160. The van der Waals surface area contributed by atoms with Gasteiger partial charge in [0, 0.05) is 23.1 Å². The number of benzene rings is 2. The Morgan fingerprint density at radius 2 is 1.66 bits per heavy atom. The van der Waals surface area contributed by atoms with Crippen molar-refractivity contribution >= 4 is 39.1 Å². The lowest BCUT2D eigenvalue weighted by molar-refractivity contribution is -0.137. The predicted molar refractivity (Wildman–Crippen MR) is 107 cm³/mol. The Balaban J connectivity index is 1.50. The number of nitrogens with one attached hydrogen (secondary N) is 2. The lowest BCUT2D eigenvalue weighted by atomic mass is 10.2. The quantitative estimate of drug-likeness (QED) is 0.431. The number of carbonyl (C=O) groups excluding carboxylic acids is 1. The minimum atomic E-state index is -4.48. The molecule has 2 N–H and O–H groups in total. The first-order valence-corrected chi connectivity index (χ1v) is 9.27. The van der Waals surface area contributed by atoms with E-state index in [1.165, 1.54) is 23.5 Å². The van der Waals surface area contributed by atoms with Crippen LogP contribution in [0.25, 0.3) is 20.9 Å². The number of anilines is 2. The highest BCUT2D eigenvalue weighted by molar-refractivity contribution is 7.21.